The smallest absolute Gasteiger partial charge is 0.166 e. The van der Waals surface area contributed by atoms with Crippen molar-refractivity contribution in [1.29, 1.82) is 0 Å². The van der Waals surface area contributed by atoms with E-state index in [0.29, 0.717) is 5.92 Å². The lowest BCUT2D eigenvalue weighted by Gasteiger charge is -2.19. The van der Waals surface area contributed by atoms with E-state index in [4.69, 9.17) is 0 Å². The Bertz CT molecular complexity index is 931. The minimum atomic E-state index is 0.0209. The van der Waals surface area contributed by atoms with Gasteiger partial charge in [-0.1, -0.05) is 51.0 Å². The molecule has 0 saturated heterocycles. The first-order valence-corrected chi connectivity index (χ1v) is 10.5. The van der Waals surface area contributed by atoms with Crippen LogP contribution in [0.25, 0.3) is 5.52 Å². The zero-order valence-electron chi connectivity index (χ0n) is 16.3. The second-order valence-corrected chi connectivity index (χ2v) is 8.39. The summed E-state index contributed by atoms with van der Waals surface area (Å²) in [7, 11) is 0. The number of carbonyl (C=O) groups is 1. The van der Waals surface area contributed by atoms with E-state index >= 15 is 0 Å². The topological polar surface area (TPSA) is 34.4 Å². The predicted molar refractivity (Wildman–Crippen MR) is 114 cm³/mol. The van der Waals surface area contributed by atoms with Gasteiger partial charge in [0.05, 0.1) is 16.2 Å². The minimum absolute atomic E-state index is 0.0209. The molecule has 0 spiro atoms. The van der Waals surface area contributed by atoms with Gasteiger partial charge in [0.15, 0.2) is 5.78 Å². The third-order valence-corrected chi connectivity index (χ3v) is 6.25. The second kappa shape index (κ2) is 8.83. The lowest BCUT2D eigenvalue weighted by Crippen LogP contribution is -2.19. The summed E-state index contributed by atoms with van der Waals surface area (Å²) >= 11 is 3.49. The van der Waals surface area contributed by atoms with Gasteiger partial charge in [0.1, 0.15) is 0 Å². The van der Waals surface area contributed by atoms with Gasteiger partial charge in [-0.05, 0) is 64.9 Å². The molecule has 0 bridgehead atoms. The molecule has 0 N–H and O–H groups in total. The monoisotopic (exact) mass is 426 g/mol. The van der Waals surface area contributed by atoms with Crippen LogP contribution in [0.15, 0.2) is 53.3 Å². The van der Waals surface area contributed by atoms with Crippen molar-refractivity contribution in [2.24, 2.45) is 11.8 Å². The van der Waals surface area contributed by atoms with Crippen LogP contribution in [-0.2, 0) is 6.42 Å². The lowest BCUT2D eigenvalue weighted by atomic mass is 9.85. The molecule has 2 aromatic heterocycles. The van der Waals surface area contributed by atoms with Crippen LogP contribution in [0.5, 0.6) is 0 Å². The number of unbranched alkanes of at least 4 members (excludes halogenated alkanes) is 1. The molecule has 27 heavy (non-hydrogen) atoms. The van der Waals surface area contributed by atoms with E-state index in [1.165, 1.54) is 17.5 Å². The number of carbonyl (C=O) groups excluding carboxylic acids is 1. The lowest BCUT2D eigenvalue weighted by molar-refractivity contribution is 0.0888. The Morgan fingerprint density at radius 1 is 1.19 bits per heavy atom. The second-order valence-electron chi connectivity index (χ2n) is 7.54. The highest BCUT2D eigenvalue weighted by Gasteiger charge is 2.22. The van der Waals surface area contributed by atoms with Gasteiger partial charge in [-0.25, -0.2) is 4.52 Å². The summed E-state index contributed by atoms with van der Waals surface area (Å²) in [5.41, 5.74) is 4.51. The number of pyridine rings is 1. The van der Waals surface area contributed by atoms with Gasteiger partial charge in [-0.2, -0.15) is 5.10 Å². The standard InChI is InChI=1S/C23H27BrN2O/c1-16(8-4-6-10-19-11-7-5-9-17(19)2)18(3)23(27)20-12-13-26-22(14-20)21(24)15-25-26/h5,7,9,11-16,18H,4,6,8,10H2,1-3H3. The Morgan fingerprint density at radius 2 is 1.96 bits per heavy atom. The number of hydrogen-bond acceptors (Lipinski definition) is 2. The molecule has 4 heteroatoms. The molecular weight excluding hydrogens is 400 g/mol. The molecule has 1 aromatic carbocycles. The zero-order valence-corrected chi connectivity index (χ0v) is 17.9. The quantitative estimate of drug-likeness (QED) is 0.314. The van der Waals surface area contributed by atoms with E-state index < -0.39 is 0 Å². The van der Waals surface area contributed by atoms with E-state index in [9.17, 15) is 4.79 Å². The van der Waals surface area contributed by atoms with Crippen LogP contribution in [-0.4, -0.2) is 15.4 Å². The Balaban J connectivity index is 1.54. The first kappa shape index (κ1) is 19.8. The molecule has 3 nitrogen and oxygen atoms in total. The number of halogens is 1. The summed E-state index contributed by atoms with van der Waals surface area (Å²) in [6, 6.07) is 12.4. The van der Waals surface area contributed by atoms with Gasteiger partial charge < -0.3 is 0 Å². The molecule has 3 rings (SSSR count). The predicted octanol–water partition coefficient (Wildman–Crippen LogP) is 6.27. The largest absolute Gasteiger partial charge is 0.294 e. The Morgan fingerprint density at radius 3 is 2.74 bits per heavy atom. The Kier molecular flexibility index (Phi) is 6.48. The molecule has 0 aliphatic carbocycles. The number of nitrogens with zero attached hydrogens (tertiary/aromatic N) is 2. The molecule has 142 valence electrons. The molecule has 0 aliphatic rings. The SMILES string of the molecule is Cc1ccccc1CCCCC(C)C(C)C(=O)c1ccn2ncc(Br)c2c1. The molecule has 2 atom stereocenters. The van der Waals surface area contributed by atoms with Crippen LogP contribution in [0.4, 0.5) is 0 Å². The van der Waals surface area contributed by atoms with Gasteiger partial charge in [0.25, 0.3) is 0 Å². The van der Waals surface area contributed by atoms with Gasteiger partial charge >= 0.3 is 0 Å². The summed E-state index contributed by atoms with van der Waals surface area (Å²) < 4.78 is 2.69. The van der Waals surface area contributed by atoms with E-state index in [1.807, 2.05) is 18.3 Å². The highest BCUT2D eigenvalue weighted by Crippen LogP contribution is 2.25. The van der Waals surface area contributed by atoms with Crippen LogP contribution in [0.3, 0.4) is 0 Å². The average molecular weight is 427 g/mol. The van der Waals surface area contributed by atoms with Gasteiger partial charge in [-0.3, -0.25) is 4.79 Å². The van der Waals surface area contributed by atoms with Crippen molar-refractivity contribution in [3.63, 3.8) is 0 Å². The molecule has 2 unspecified atom stereocenters. The van der Waals surface area contributed by atoms with Crippen molar-refractivity contribution < 1.29 is 4.79 Å². The fourth-order valence-corrected chi connectivity index (χ4v) is 3.94. The maximum Gasteiger partial charge on any atom is 0.166 e. The number of aryl methyl sites for hydroxylation is 2. The summed E-state index contributed by atoms with van der Waals surface area (Å²) in [5.74, 6) is 0.614. The summed E-state index contributed by atoms with van der Waals surface area (Å²) in [5, 5.41) is 4.24. The fourth-order valence-electron chi connectivity index (χ4n) is 3.55. The normalized spacial score (nSPS) is 13.6. The van der Waals surface area contributed by atoms with E-state index in [2.05, 4.69) is 66.1 Å². The molecule has 0 aliphatic heterocycles. The highest BCUT2D eigenvalue weighted by molar-refractivity contribution is 9.10. The maximum absolute atomic E-state index is 12.9. The van der Waals surface area contributed by atoms with Crippen molar-refractivity contribution in [3.8, 4) is 0 Å². The van der Waals surface area contributed by atoms with Gasteiger partial charge in [0.2, 0.25) is 0 Å². The van der Waals surface area contributed by atoms with Gasteiger partial charge in [0, 0.05) is 17.7 Å². The van der Waals surface area contributed by atoms with Crippen molar-refractivity contribution in [3.05, 3.63) is 70.0 Å². The number of Topliss-reactive ketones (excluding diaryl/α,β-unsaturated/α-hetero) is 1. The molecule has 3 aromatic rings. The third kappa shape index (κ3) is 4.67. The Hall–Kier alpha value is -1.94. The summed E-state index contributed by atoms with van der Waals surface area (Å²) in [6.07, 6.45) is 8.13. The van der Waals surface area contributed by atoms with Crippen LogP contribution in [0.1, 0.15) is 54.6 Å². The zero-order chi connectivity index (χ0) is 19.4. The number of benzene rings is 1. The first-order chi connectivity index (χ1) is 13.0. The third-order valence-electron chi connectivity index (χ3n) is 5.64. The highest BCUT2D eigenvalue weighted by atomic mass is 79.9. The van der Waals surface area contributed by atoms with E-state index in [-0.39, 0.29) is 11.7 Å². The molecule has 0 radical (unpaired) electrons. The molecule has 0 saturated carbocycles. The van der Waals surface area contributed by atoms with Crippen molar-refractivity contribution >= 4 is 27.2 Å². The number of aromatic nitrogens is 2. The van der Waals surface area contributed by atoms with Crippen molar-refractivity contribution in [2.45, 2.75) is 46.5 Å². The fraction of sp³-hybridized carbons (Fsp3) is 0.391. The molecular formula is C23H27BrN2O. The van der Waals surface area contributed by atoms with Gasteiger partial charge in [-0.15, -0.1) is 0 Å². The van der Waals surface area contributed by atoms with Crippen molar-refractivity contribution in [1.82, 2.24) is 9.61 Å². The number of rotatable bonds is 8. The summed E-state index contributed by atoms with van der Waals surface area (Å²) in [6.45, 7) is 6.43. The molecule has 2 heterocycles. The number of hydrogen-bond donors (Lipinski definition) is 0. The Labute approximate surface area is 169 Å². The van der Waals surface area contributed by atoms with E-state index in [1.54, 1.807) is 10.7 Å². The molecule has 0 fully saturated rings. The summed E-state index contributed by atoms with van der Waals surface area (Å²) in [4.78, 5) is 12.9. The van der Waals surface area contributed by atoms with Crippen molar-refractivity contribution in [2.75, 3.05) is 0 Å². The van der Waals surface area contributed by atoms with Crippen LogP contribution < -0.4 is 0 Å². The van der Waals surface area contributed by atoms with Crippen LogP contribution in [0, 0.1) is 18.8 Å². The molecule has 0 amide bonds. The number of fused-ring (bicyclic) bond motifs is 1. The number of ketones is 1. The average Bonchev–Trinajstić information content (AvgIpc) is 3.05. The maximum atomic E-state index is 12.9. The van der Waals surface area contributed by atoms with Crippen LogP contribution in [0.2, 0.25) is 0 Å². The van der Waals surface area contributed by atoms with E-state index in [0.717, 1.165) is 34.8 Å². The first-order valence-electron chi connectivity index (χ1n) is 9.69. The van der Waals surface area contributed by atoms with Crippen LogP contribution >= 0.6 is 15.9 Å². The minimum Gasteiger partial charge on any atom is -0.294 e.